The Balaban J connectivity index is 1.32. The minimum atomic E-state index is -4.75. The number of hydrogen-bond acceptors (Lipinski definition) is 5. The molecule has 2 saturated heterocycles. The van der Waals surface area contributed by atoms with E-state index in [1.807, 2.05) is 0 Å². The Bertz CT molecular complexity index is 1340. The normalized spacial score (nSPS) is 28.6. The molecule has 2 saturated carbocycles. The number of imidazole rings is 1. The van der Waals surface area contributed by atoms with Crippen molar-refractivity contribution in [3.63, 3.8) is 0 Å². The summed E-state index contributed by atoms with van der Waals surface area (Å²) in [5.41, 5.74) is 3.26. The van der Waals surface area contributed by atoms with Gasteiger partial charge in [-0.3, -0.25) is 18.7 Å². The average molecular weight is 581 g/mol. The number of pyridine rings is 1. The molecule has 6 rings (SSSR count). The molecule has 2 N–H and O–H groups in total. The van der Waals surface area contributed by atoms with Crippen LogP contribution in [0.5, 0.6) is 0 Å². The molecular formula is C29H40F4N6O2. The number of amides is 1. The number of piperidine rings is 1. The first-order valence-electron chi connectivity index (χ1n) is 14.9. The standard InChI is InChI=1S/C29H40F4N6O2/c1-28(30)9-11-37(12-10-28)26(40)20-14-22(29(31,32)33)23-16-38(27(41)39(23)15-20)21-8-4-7-19(13-21)24(18-5-3-6-18)25-35-34-17-36(25)2/h14-16,18-19,21,24-25,34-35H,3-13,17H2,1-2H3/t19?,21?,24-,25?/m1/s1. The molecule has 4 fully saturated rings. The number of aromatic nitrogens is 2. The fraction of sp³-hybridized carbons (Fsp3) is 0.724. The van der Waals surface area contributed by atoms with E-state index in [9.17, 15) is 27.2 Å². The lowest BCUT2D eigenvalue weighted by atomic mass is 9.65. The zero-order valence-electron chi connectivity index (χ0n) is 23.7. The summed E-state index contributed by atoms with van der Waals surface area (Å²) >= 11 is 0. The van der Waals surface area contributed by atoms with E-state index in [0.717, 1.165) is 42.8 Å². The molecule has 4 atom stereocenters. The van der Waals surface area contributed by atoms with Gasteiger partial charge in [0.05, 0.1) is 29.5 Å². The van der Waals surface area contributed by atoms with Gasteiger partial charge < -0.3 is 4.90 Å². The molecule has 0 bridgehead atoms. The summed E-state index contributed by atoms with van der Waals surface area (Å²) in [6.45, 7) is 2.45. The molecule has 0 radical (unpaired) electrons. The van der Waals surface area contributed by atoms with Crippen molar-refractivity contribution in [3.05, 3.63) is 40.1 Å². The summed E-state index contributed by atoms with van der Waals surface area (Å²) in [5.74, 6) is 0.715. The quantitative estimate of drug-likeness (QED) is 0.508. The highest BCUT2D eigenvalue weighted by Gasteiger charge is 2.44. The molecule has 4 heterocycles. The number of likely N-dealkylation sites (tertiary alicyclic amines) is 1. The van der Waals surface area contributed by atoms with Crippen LogP contribution >= 0.6 is 0 Å². The van der Waals surface area contributed by atoms with E-state index in [0.29, 0.717) is 17.8 Å². The summed E-state index contributed by atoms with van der Waals surface area (Å²) in [6.07, 6.45) is 5.21. The summed E-state index contributed by atoms with van der Waals surface area (Å²) in [5, 5.41) is 0. The summed E-state index contributed by atoms with van der Waals surface area (Å²) in [6, 6.07) is 0.628. The van der Waals surface area contributed by atoms with E-state index >= 15 is 0 Å². The molecule has 2 aromatic rings. The smallest absolute Gasteiger partial charge is 0.338 e. The Morgan fingerprint density at radius 1 is 1.07 bits per heavy atom. The highest BCUT2D eigenvalue weighted by Crippen LogP contribution is 2.47. The van der Waals surface area contributed by atoms with Crippen LogP contribution in [-0.4, -0.2) is 63.3 Å². The third-order valence-electron chi connectivity index (χ3n) is 10.2. The van der Waals surface area contributed by atoms with Crippen molar-refractivity contribution in [2.45, 2.75) is 88.8 Å². The molecule has 2 aliphatic carbocycles. The number of alkyl halides is 4. The lowest BCUT2D eigenvalue weighted by Gasteiger charge is -2.46. The lowest BCUT2D eigenvalue weighted by molar-refractivity contribution is -0.136. The summed E-state index contributed by atoms with van der Waals surface area (Å²) in [4.78, 5) is 30.6. The van der Waals surface area contributed by atoms with Gasteiger partial charge in [0.25, 0.3) is 5.91 Å². The highest BCUT2D eigenvalue weighted by atomic mass is 19.4. The van der Waals surface area contributed by atoms with Gasteiger partial charge in [0.15, 0.2) is 0 Å². The molecule has 4 aliphatic rings. The van der Waals surface area contributed by atoms with Crippen molar-refractivity contribution in [2.24, 2.45) is 17.8 Å². The predicted octanol–water partition coefficient (Wildman–Crippen LogP) is 4.55. The van der Waals surface area contributed by atoms with Gasteiger partial charge >= 0.3 is 11.9 Å². The van der Waals surface area contributed by atoms with Crippen molar-refractivity contribution in [1.29, 1.82) is 0 Å². The molecule has 8 nitrogen and oxygen atoms in total. The number of fused-ring (bicyclic) bond motifs is 1. The second kappa shape index (κ2) is 10.7. The molecule has 2 aromatic heterocycles. The summed E-state index contributed by atoms with van der Waals surface area (Å²) < 4.78 is 59.6. The molecule has 12 heteroatoms. The van der Waals surface area contributed by atoms with Gasteiger partial charge in [-0.25, -0.2) is 20.0 Å². The Morgan fingerprint density at radius 2 is 1.76 bits per heavy atom. The maximum atomic E-state index is 14.3. The van der Waals surface area contributed by atoms with Gasteiger partial charge in [0, 0.05) is 31.5 Å². The van der Waals surface area contributed by atoms with Crippen molar-refractivity contribution in [2.75, 3.05) is 26.8 Å². The van der Waals surface area contributed by atoms with E-state index in [1.54, 1.807) is 0 Å². The molecule has 0 aromatic carbocycles. The van der Waals surface area contributed by atoms with Gasteiger partial charge in [-0.15, -0.1) is 0 Å². The molecule has 3 unspecified atom stereocenters. The molecule has 2 aliphatic heterocycles. The van der Waals surface area contributed by atoms with Crippen LogP contribution in [0.2, 0.25) is 0 Å². The van der Waals surface area contributed by atoms with E-state index in [4.69, 9.17) is 0 Å². The second-order valence-electron chi connectivity index (χ2n) is 12.9. The Morgan fingerprint density at radius 3 is 2.37 bits per heavy atom. The van der Waals surface area contributed by atoms with Crippen molar-refractivity contribution >= 4 is 11.4 Å². The van der Waals surface area contributed by atoms with Gasteiger partial charge in [0.2, 0.25) is 0 Å². The zero-order chi connectivity index (χ0) is 29.1. The number of hydrogen-bond donors (Lipinski definition) is 2. The molecule has 41 heavy (non-hydrogen) atoms. The highest BCUT2D eigenvalue weighted by molar-refractivity contribution is 5.95. The van der Waals surface area contributed by atoms with Gasteiger partial charge in [-0.05, 0) is 69.9 Å². The Hall–Kier alpha value is -2.44. The van der Waals surface area contributed by atoms with E-state index in [2.05, 4.69) is 22.8 Å². The zero-order valence-corrected chi connectivity index (χ0v) is 23.7. The van der Waals surface area contributed by atoms with Crippen molar-refractivity contribution in [3.8, 4) is 0 Å². The van der Waals surface area contributed by atoms with Crippen LogP contribution in [0.15, 0.2) is 23.3 Å². The largest absolute Gasteiger partial charge is 0.418 e. The molecule has 1 amide bonds. The predicted molar refractivity (Wildman–Crippen MR) is 146 cm³/mol. The van der Waals surface area contributed by atoms with Crippen LogP contribution in [0.1, 0.15) is 86.7 Å². The SMILES string of the molecule is CN1CNNC1[C@H](C1CCC1)C1CCCC(n2cc3c(C(F)(F)F)cc(C(=O)N4CCC(C)(F)CC4)cn3c2=O)C1. The van der Waals surface area contributed by atoms with Gasteiger partial charge in [-0.1, -0.05) is 25.7 Å². The van der Waals surface area contributed by atoms with E-state index in [-0.39, 0.29) is 49.2 Å². The van der Waals surface area contributed by atoms with Crippen LogP contribution in [0, 0.1) is 17.8 Å². The molecule has 226 valence electrons. The molecular weight excluding hydrogens is 540 g/mol. The number of carbonyl (C=O) groups excluding carboxylic acids is 1. The van der Waals surface area contributed by atoms with Crippen molar-refractivity contribution in [1.82, 2.24) is 29.6 Å². The first-order chi connectivity index (χ1) is 19.4. The lowest BCUT2D eigenvalue weighted by Crippen LogP contribution is -2.50. The van der Waals surface area contributed by atoms with Gasteiger partial charge in [-0.2, -0.15) is 13.2 Å². The Labute approximate surface area is 237 Å². The number of nitrogens with one attached hydrogen (secondary N) is 2. The fourth-order valence-electron chi connectivity index (χ4n) is 7.57. The fourth-order valence-corrected chi connectivity index (χ4v) is 7.57. The third-order valence-corrected chi connectivity index (χ3v) is 10.2. The van der Waals surface area contributed by atoms with Crippen LogP contribution in [0.3, 0.4) is 0 Å². The second-order valence-corrected chi connectivity index (χ2v) is 12.9. The third kappa shape index (κ3) is 5.43. The van der Waals surface area contributed by atoms with Crippen LogP contribution in [0.4, 0.5) is 17.6 Å². The Kier molecular flexibility index (Phi) is 7.47. The number of halogens is 4. The monoisotopic (exact) mass is 580 g/mol. The first-order valence-corrected chi connectivity index (χ1v) is 14.9. The minimum absolute atomic E-state index is 0.118. The average Bonchev–Trinajstić information content (AvgIpc) is 3.47. The topological polar surface area (TPSA) is 74.0 Å². The van der Waals surface area contributed by atoms with Crippen LogP contribution in [0.25, 0.3) is 5.52 Å². The van der Waals surface area contributed by atoms with Crippen molar-refractivity contribution < 1.29 is 22.4 Å². The van der Waals surface area contributed by atoms with Crippen LogP contribution in [-0.2, 0) is 6.18 Å². The minimum Gasteiger partial charge on any atom is -0.338 e. The first kappa shape index (κ1) is 28.7. The maximum Gasteiger partial charge on any atom is 0.418 e. The van der Waals surface area contributed by atoms with E-state index < -0.39 is 29.0 Å². The van der Waals surface area contributed by atoms with E-state index in [1.165, 1.54) is 48.0 Å². The number of nitrogens with zero attached hydrogens (tertiary/aromatic N) is 4. The number of hydrazine groups is 1. The summed E-state index contributed by atoms with van der Waals surface area (Å²) in [7, 11) is 2.09. The molecule has 0 spiro atoms. The van der Waals surface area contributed by atoms with Gasteiger partial charge in [0.1, 0.15) is 5.67 Å². The number of rotatable bonds is 5. The number of carbonyl (C=O) groups is 1. The maximum absolute atomic E-state index is 14.3. The van der Waals surface area contributed by atoms with Crippen LogP contribution < -0.4 is 16.5 Å².